The van der Waals surface area contributed by atoms with Crippen molar-refractivity contribution in [3.63, 3.8) is 0 Å². The molecule has 0 aliphatic heterocycles. The molecule has 3 rings (SSSR count). The molecule has 0 radical (unpaired) electrons. The maximum atomic E-state index is 13.1. The number of aromatic nitrogens is 1. The van der Waals surface area contributed by atoms with E-state index in [4.69, 9.17) is 0 Å². The zero-order valence-corrected chi connectivity index (χ0v) is 14.0. The Balaban J connectivity index is 2.16. The second-order valence-electron chi connectivity index (χ2n) is 5.35. The number of benzene rings is 2. The molecule has 124 valence electrons. The molecule has 5 nitrogen and oxygen atoms in total. The number of rotatable bonds is 5. The number of esters is 1. The second-order valence-corrected chi connectivity index (χ2v) is 7.14. The van der Waals surface area contributed by atoms with Gasteiger partial charge in [0, 0.05) is 11.1 Å². The Morgan fingerprint density at radius 1 is 1.04 bits per heavy atom. The first-order valence-corrected chi connectivity index (χ1v) is 8.95. The van der Waals surface area contributed by atoms with Crippen LogP contribution in [0.3, 0.4) is 0 Å². The summed E-state index contributed by atoms with van der Waals surface area (Å²) >= 11 is 0. The number of hydrogen-bond donors (Lipinski definition) is 0. The van der Waals surface area contributed by atoms with Gasteiger partial charge in [-0.2, -0.15) is 0 Å². The molecule has 0 N–H and O–H groups in total. The van der Waals surface area contributed by atoms with E-state index >= 15 is 0 Å². The monoisotopic (exact) mass is 343 g/mol. The molecular formula is C18H17NO4S. The lowest BCUT2D eigenvalue weighted by atomic mass is 10.2. The fourth-order valence-corrected chi connectivity index (χ4v) is 4.26. The van der Waals surface area contributed by atoms with E-state index in [0.29, 0.717) is 11.2 Å². The predicted octanol–water partition coefficient (Wildman–Crippen LogP) is 2.98. The van der Waals surface area contributed by atoms with Crippen LogP contribution in [-0.2, 0) is 26.0 Å². The first kappa shape index (κ1) is 16.3. The van der Waals surface area contributed by atoms with Gasteiger partial charge in [0.2, 0.25) is 0 Å². The normalized spacial score (nSPS) is 11.5. The summed E-state index contributed by atoms with van der Waals surface area (Å²) in [5.41, 5.74) is 1.16. The Labute approximate surface area is 140 Å². The summed E-state index contributed by atoms with van der Waals surface area (Å²) < 4.78 is 32.2. The maximum absolute atomic E-state index is 13.1. The Morgan fingerprint density at radius 2 is 1.71 bits per heavy atom. The summed E-state index contributed by atoms with van der Waals surface area (Å²) in [5, 5.41) is 0.817. The number of carbonyl (C=O) groups is 1. The van der Waals surface area contributed by atoms with E-state index in [1.165, 1.54) is 11.1 Å². The molecule has 0 saturated heterocycles. The molecule has 6 heteroatoms. The summed E-state index contributed by atoms with van der Waals surface area (Å²) in [7, 11) is -2.42. The van der Waals surface area contributed by atoms with Crippen molar-refractivity contribution >= 4 is 26.9 Å². The van der Waals surface area contributed by atoms with Crippen molar-refractivity contribution in [1.29, 1.82) is 0 Å². The standard InChI is InChI=1S/C18H17NO4S/c1-23-18(20)12-11-15-13-14-7-5-6-10-17(14)19(15)24(21,22)16-8-3-2-4-9-16/h2-10,13H,11-12H2,1H3. The highest BCUT2D eigenvalue weighted by atomic mass is 32.2. The quantitative estimate of drug-likeness (QED) is 0.668. The molecule has 3 aromatic rings. The van der Waals surface area contributed by atoms with Crippen LogP contribution in [-0.4, -0.2) is 25.5 Å². The minimum atomic E-state index is -3.74. The average Bonchev–Trinajstić information content (AvgIpc) is 2.99. The van der Waals surface area contributed by atoms with Gasteiger partial charge in [-0.25, -0.2) is 12.4 Å². The third-order valence-corrected chi connectivity index (χ3v) is 5.61. The number of ether oxygens (including phenoxy) is 1. The minimum Gasteiger partial charge on any atom is -0.469 e. The van der Waals surface area contributed by atoms with E-state index in [0.717, 1.165) is 5.39 Å². The molecule has 0 amide bonds. The first-order chi connectivity index (χ1) is 11.5. The molecule has 0 aliphatic rings. The van der Waals surface area contributed by atoms with Crippen molar-refractivity contribution in [1.82, 2.24) is 3.97 Å². The van der Waals surface area contributed by atoms with Crippen molar-refractivity contribution in [3.05, 3.63) is 66.4 Å². The first-order valence-electron chi connectivity index (χ1n) is 7.51. The molecule has 0 unspecified atom stereocenters. The summed E-state index contributed by atoms with van der Waals surface area (Å²) in [4.78, 5) is 11.7. The highest BCUT2D eigenvalue weighted by Gasteiger charge is 2.23. The van der Waals surface area contributed by atoms with Crippen LogP contribution in [0, 0.1) is 0 Å². The van der Waals surface area contributed by atoms with Crippen molar-refractivity contribution in [3.8, 4) is 0 Å². The highest BCUT2D eigenvalue weighted by molar-refractivity contribution is 7.90. The van der Waals surface area contributed by atoms with Gasteiger partial charge >= 0.3 is 5.97 Å². The van der Waals surface area contributed by atoms with Gasteiger partial charge in [-0.05, 0) is 30.7 Å². The van der Waals surface area contributed by atoms with E-state index < -0.39 is 10.0 Å². The van der Waals surface area contributed by atoms with Crippen molar-refractivity contribution in [2.45, 2.75) is 17.7 Å². The van der Waals surface area contributed by atoms with Gasteiger partial charge in [0.05, 0.1) is 23.9 Å². The minimum absolute atomic E-state index is 0.122. The molecule has 0 atom stereocenters. The van der Waals surface area contributed by atoms with Gasteiger partial charge in [0.25, 0.3) is 10.0 Å². The average molecular weight is 343 g/mol. The largest absolute Gasteiger partial charge is 0.469 e. The van der Waals surface area contributed by atoms with Crippen LogP contribution in [0.5, 0.6) is 0 Å². The van der Waals surface area contributed by atoms with Crippen LogP contribution in [0.4, 0.5) is 0 Å². The number of nitrogens with zero attached hydrogens (tertiary/aromatic N) is 1. The molecule has 24 heavy (non-hydrogen) atoms. The highest BCUT2D eigenvalue weighted by Crippen LogP contribution is 2.26. The fraction of sp³-hybridized carbons (Fsp3) is 0.167. The van der Waals surface area contributed by atoms with Gasteiger partial charge in [-0.3, -0.25) is 4.79 Å². The zero-order valence-electron chi connectivity index (χ0n) is 13.2. The number of hydrogen-bond acceptors (Lipinski definition) is 4. The third-order valence-electron chi connectivity index (χ3n) is 3.83. The third kappa shape index (κ3) is 2.92. The van der Waals surface area contributed by atoms with Crippen LogP contribution in [0.1, 0.15) is 12.1 Å². The van der Waals surface area contributed by atoms with Crippen LogP contribution in [0.15, 0.2) is 65.6 Å². The van der Waals surface area contributed by atoms with Crippen molar-refractivity contribution in [2.24, 2.45) is 0 Å². The van der Waals surface area contributed by atoms with Gasteiger partial charge in [0.15, 0.2) is 0 Å². The Bertz CT molecular complexity index is 975. The summed E-state index contributed by atoms with van der Waals surface area (Å²) in [6.45, 7) is 0. The van der Waals surface area contributed by atoms with Gasteiger partial charge in [-0.15, -0.1) is 0 Å². The van der Waals surface area contributed by atoms with E-state index in [1.54, 1.807) is 48.5 Å². The molecule has 0 aliphatic carbocycles. The zero-order chi connectivity index (χ0) is 17.2. The Hall–Kier alpha value is -2.60. The molecule has 0 fully saturated rings. The molecule has 0 saturated carbocycles. The number of para-hydroxylation sites is 1. The lowest BCUT2D eigenvalue weighted by Gasteiger charge is -2.11. The molecular weight excluding hydrogens is 326 g/mol. The number of carbonyl (C=O) groups excluding carboxylic acids is 1. The maximum Gasteiger partial charge on any atom is 0.305 e. The Kier molecular flexibility index (Phi) is 4.40. The molecule has 0 bridgehead atoms. The SMILES string of the molecule is COC(=O)CCc1cc2ccccc2n1S(=O)(=O)c1ccccc1. The number of fused-ring (bicyclic) bond motifs is 1. The van der Waals surface area contributed by atoms with Crippen LogP contribution >= 0.6 is 0 Å². The second kappa shape index (κ2) is 6.49. The molecule has 0 spiro atoms. The van der Waals surface area contributed by atoms with Gasteiger partial charge in [-0.1, -0.05) is 36.4 Å². The van der Waals surface area contributed by atoms with Crippen LogP contribution in [0.25, 0.3) is 10.9 Å². The van der Waals surface area contributed by atoms with E-state index in [2.05, 4.69) is 4.74 Å². The van der Waals surface area contributed by atoms with E-state index in [1.807, 2.05) is 12.1 Å². The number of methoxy groups -OCH3 is 1. The smallest absolute Gasteiger partial charge is 0.305 e. The summed E-state index contributed by atoms with van der Waals surface area (Å²) in [5.74, 6) is -0.371. The van der Waals surface area contributed by atoms with Gasteiger partial charge in [0.1, 0.15) is 0 Å². The van der Waals surface area contributed by atoms with Crippen LogP contribution in [0.2, 0.25) is 0 Å². The topological polar surface area (TPSA) is 65.4 Å². The molecule has 2 aromatic carbocycles. The predicted molar refractivity (Wildman–Crippen MR) is 91.3 cm³/mol. The summed E-state index contributed by atoms with van der Waals surface area (Å²) in [6.07, 6.45) is 0.407. The molecule has 1 aromatic heterocycles. The summed E-state index contributed by atoms with van der Waals surface area (Å²) in [6, 6.07) is 17.3. The Morgan fingerprint density at radius 3 is 2.42 bits per heavy atom. The number of aryl methyl sites for hydroxylation is 1. The van der Waals surface area contributed by atoms with Crippen molar-refractivity contribution < 1.29 is 17.9 Å². The lowest BCUT2D eigenvalue weighted by molar-refractivity contribution is -0.140. The van der Waals surface area contributed by atoms with Gasteiger partial charge < -0.3 is 4.74 Å². The van der Waals surface area contributed by atoms with E-state index in [-0.39, 0.29) is 23.7 Å². The fourth-order valence-electron chi connectivity index (χ4n) is 2.67. The lowest BCUT2D eigenvalue weighted by Crippen LogP contribution is -2.16. The molecule has 1 heterocycles. The van der Waals surface area contributed by atoms with Crippen molar-refractivity contribution in [2.75, 3.05) is 7.11 Å². The van der Waals surface area contributed by atoms with E-state index in [9.17, 15) is 13.2 Å². The van der Waals surface area contributed by atoms with Crippen LogP contribution < -0.4 is 0 Å².